The Morgan fingerprint density at radius 2 is 1.93 bits per heavy atom. The molecule has 1 aliphatic rings. The zero-order valence-electron chi connectivity index (χ0n) is 15.2. The molecular weight excluding hydrogens is 392 g/mol. The number of rotatable bonds is 6. The van der Waals surface area contributed by atoms with Crippen LogP contribution in [0.1, 0.15) is 16.8 Å². The fourth-order valence-corrected chi connectivity index (χ4v) is 3.44. The van der Waals surface area contributed by atoms with Gasteiger partial charge in [-0.25, -0.2) is 8.78 Å². The van der Waals surface area contributed by atoms with Crippen LogP contribution in [0, 0.1) is 11.6 Å². The van der Waals surface area contributed by atoms with Crippen molar-refractivity contribution < 1.29 is 27.7 Å². The summed E-state index contributed by atoms with van der Waals surface area (Å²) in [5.41, 5.74) is -0.601. The third-order valence-corrected chi connectivity index (χ3v) is 5.09. The molecule has 0 bridgehead atoms. The van der Waals surface area contributed by atoms with Crippen molar-refractivity contribution in [3.05, 3.63) is 41.6 Å². The second kappa shape index (κ2) is 9.11. The third-order valence-electron chi connectivity index (χ3n) is 4.22. The second-order valence-electron chi connectivity index (χ2n) is 6.27. The van der Waals surface area contributed by atoms with Crippen LogP contribution in [0.5, 0.6) is 0 Å². The van der Waals surface area contributed by atoms with Gasteiger partial charge in [0.15, 0.2) is 0 Å². The van der Waals surface area contributed by atoms with Gasteiger partial charge in [0, 0.05) is 25.3 Å². The lowest BCUT2D eigenvalue weighted by molar-refractivity contribution is -0.759. The SMILES string of the molecule is CN1CCN([n+]2cc(NC(=O)CCSC(=O)c3c(F)cccc3F)on2)CC1. The highest BCUT2D eigenvalue weighted by Crippen LogP contribution is 2.19. The summed E-state index contributed by atoms with van der Waals surface area (Å²) in [6, 6.07) is 3.22. The topological polar surface area (TPSA) is 82.6 Å². The zero-order chi connectivity index (χ0) is 20.1. The Labute approximate surface area is 164 Å². The van der Waals surface area contributed by atoms with Gasteiger partial charge in [0.2, 0.25) is 16.3 Å². The first-order chi connectivity index (χ1) is 13.4. The number of thioether (sulfide) groups is 1. The summed E-state index contributed by atoms with van der Waals surface area (Å²) in [5, 5.41) is 7.65. The van der Waals surface area contributed by atoms with E-state index < -0.39 is 28.2 Å². The molecule has 2 aromatic rings. The summed E-state index contributed by atoms with van der Waals surface area (Å²) in [4.78, 5) is 27.7. The molecule has 0 aliphatic carbocycles. The van der Waals surface area contributed by atoms with Gasteiger partial charge in [-0.05, 0) is 19.2 Å². The number of benzene rings is 1. The van der Waals surface area contributed by atoms with E-state index in [2.05, 4.69) is 15.5 Å². The molecule has 1 saturated heterocycles. The fourth-order valence-electron chi connectivity index (χ4n) is 2.63. The van der Waals surface area contributed by atoms with E-state index in [-0.39, 0.29) is 18.1 Å². The summed E-state index contributed by atoms with van der Waals surface area (Å²) in [6.07, 6.45) is 1.54. The van der Waals surface area contributed by atoms with Gasteiger partial charge in [0.25, 0.3) is 6.20 Å². The Hall–Kier alpha value is -2.53. The zero-order valence-corrected chi connectivity index (χ0v) is 16.0. The maximum Gasteiger partial charge on any atom is 0.305 e. The van der Waals surface area contributed by atoms with Gasteiger partial charge in [0.1, 0.15) is 17.2 Å². The molecule has 0 radical (unpaired) electrons. The first kappa shape index (κ1) is 20.2. The molecule has 1 fully saturated rings. The minimum Gasteiger partial charge on any atom is -0.302 e. The lowest BCUT2D eigenvalue weighted by Gasteiger charge is -2.26. The molecule has 3 rings (SSSR count). The first-order valence-corrected chi connectivity index (χ1v) is 9.66. The highest BCUT2D eigenvalue weighted by Gasteiger charge is 2.25. The number of carbonyl (C=O) groups is 2. The molecule has 1 aromatic heterocycles. The first-order valence-electron chi connectivity index (χ1n) is 8.67. The molecule has 1 aliphatic heterocycles. The molecule has 0 atom stereocenters. The van der Waals surface area contributed by atoms with E-state index in [1.165, 1.54) is 6.07 Å². The number of piperazine rings is 1. The van der Waals surface area contributed by atoms with Crippen molar-refractivity contribution in [2.75, 3.05) is 49.3 Å². The standard InChI is InChI=1S/C17H19F2N5O3S/c1-22-6-8-23(9-7-22)24-11-15(27-21-24)20-14(25)5-10-28-17(26)16-12(18)3-2-4-13(16)19/h2-4,11H,5-10H2,1H3/p+1. The number of halogens is 2. The fraction of sp³-hybridized carbons (Fsp3) is 0.412. The van der Waals surface area contributed by atoms with E-state index in [0.717, 1.165) is 38.3 Å². The van der Waals surface area contributed by atoms with Gasteiger partial charge in [0.05, 0.1) is 17.9 Å². The third kappa shape index (κ3) is 5.04. The normalized spacial score (nSPS) is 14.9. The van der Waals surface area contributed by atoms with Crippen LogP contribution in [0.2, 0.25) is 0 Å². The monoisotopic (exact) mass is 412 g/mol. The van der Waals surface area contributed by atoms with Gasteiger partial charge in [-0.1, -0.05) is 17.8 Å². The Morgan fingerprint density at radius 1 is 1.25 bits per heavy atom. The van der Waals surface area contributed by atoms with E-state index >= 15 is 0 Å². The van der Waals surface area contributed by atoms with Crippen molar-refractivity contribution >= 4 is 28.7 Å². The molecule has 11 heteroatoms. The van der Waals surface area contributed by atoms with Gasteiger partial charge >= 0.3 is 5.88 Å². The Morgan fingerprint density at radius 3 is 2.61 bits per heavy atom. The van der Waals surface area contributed by atoms with Crippen molar-refractivity contribution in [2.24, 2.45) is 0 Å². The predicted molar refractivity (Wildman–Crippen MR) is 98.5 cm³/mol. The van der Waals surface area contributed by atoms with Crippen LogP contribution in [-0.4, -0.2) is 60.2 Å². The average Bonchev–Trinajstić information content (AvgIpc) is 3.10. The van der Waals surface area contributed by atoms with Crippen molar-refractivity contribution in [3.63, 3.8) is 0 Å². The summed E-state index contributed by atoms with van der Waals surface area (Å²) in [6.45, 7) is 3.36. The molecule has 0 unspecified atom stereocenters. The van der Waals surface area contributed by atoms with E-state index in [0.29, 0.717) is 11.8 Å². The molecule has 0 spiro atoms. The maximum absolute atomic E-state index is 13.6. The summed E-state index contributed by atoms with van der Waals surface area (Å²) < 4.78 is 32.2. The number of carbonyl (C=O) groups excluding carboxylic acids is 2. The summed E-state index contributed by atoms with van der Waals surface area (Å²) >= 11 is 0.681. The van der Waals surface area contributed by atoms with E-state index in [9.17, 15) is 18.4 Å². The van der Waals surface area contributed by atoms with E-state index in [1.54, 1.807) is 11.0 Å². The quantitative estimate of drug-likeness (QED) is 0.710. The Balaban J connectivity index is 1.45. The lowest BCUT2D eigenvalue weighted by atomic mass is 10.2. The van der Waals surface area contributed by atoms with Crippen molar-refractivity contribution in [1.82, 2.24) is 10.2 Å². The van der Waals surface area contributed by atoms with Crippen molar-refractivity contribution in [2.45, 2.75) is 6.42 Å². The van der Waals surface area contributed by atoms with Crippen LogP contribution in [-0.2, 0) is 4.79 Å². The number of hydrogen-bond donors (Lipinski definition) is 1. The van der Waals surface area contributed by atoms with Crippen LogP contribution in [0.3, 0.4) is 0 Å². The van der Waals surface area contributed by atoms with Crippen LogP contribution in [0.15, 0.2) is 28.9 Å². The summed E-state index contributed by atoms with van der Waals surface area (Å²) in [5.74, 6) is -1.98. The smallest absolute Gasteiger partial charge is 0.302 e. The Kier molecular flexibility index (Phi) is 6.57. The van der Waals surface area contributed by atoms with Gasteiger partial charge in [-0.3, -0.25) is 19.4 Å². The van der Waals surface area contributed by atoms with Crippen LogP contribution in [0.25, 0.3) is 0 Å². The van der Waals surface area contributed by atoms with Crippen molar-refractivity contribution in [1.29, 1.82) is 0 Å². The molecule has 150 valence electrons. The Bertz CT molecular complexity index is 835. The predicted octanol–water partition coefficient (Wildman–Crippen LogP) is 1.03. The highest BCUT2D eigenvalue weighted by atomic mass is 32.2. The minimum atomic E-state index is -0.919. The number of amides is 1. The highest BCUT2D eigenvalue weighted by molar-refractivity contribution is 8.14. The number of anilines is 1. The summed E-state index contributed by atoms with van der Waals surface area (Å²) in [7, 11) is 2.04. The van der Waals surface area contributed by atoms with Crippen LogP contribution >= 0.6 is 11.8 Å². The van der Waals surface area contributed by atoms with Crippen molar-refractivity contribution in [3.8, 4) is 0 Å². The molecule has 1 amide bonds. The van der Waals surface area contributed by atoms with E-state index in [4.69, 9.17) is 4.52 Å². The number of nitrogens with one attached hydrogen (secondary N) is 1. The van der Waals surface area contributed by atoms with Gasteiger partial charge < -0.3 is 4.90 Å². The van der Waals surface area contributed by atoms with Crippen LogP contribution < -0.4 is 15.1 Å². The van der Waals surface area contributed by atoms with Gasteiger partial charge in [-0.15, -0.1) is 0 Å². The molecule has 28 heavy (non-hydrogen) atoms. The molecule has 1 N–H and O–H groups in total. The van der Waals surface area contributed by atoms with E-state index in [1.807, 2.05) is 12.1 Å². The average molecular weight is 412 g/mol. The number of nitrogens with zero attached hydrogens (tertiary/aromatic N) is 4. The molecule has 8 nitrogen and oxygen atoms in total. The largest absolute Gasteiger partial charge is 0.305 e. The molecule has 2 heterocycles. The number of likely N-dealkylation sites (N-methyl/N-ethyl adjacent to an activating group) is 1. The number of aromatic nitrogens is 2. The molecule has 0 saturated carbocycles. The minimum absolute atomic E-state index is 0.0261. The van der Waals surface area contributed by atoms with Gasteiger partial charge in [-0.2, -0.15) is 5.01 Å². The lowest BCUT2D eigenvalue weighted by Crippen LogP contribution is -2.64. The maximum atomic E-state index is 13.6. The molecule has 1 aromatic carbocycles. The molecular formula is C17H20F2N5O3S+. The number of hydrogen-bond acceptors (Lipinski definition) is 7. The van der Waals surface area contributed by atoms with Crippen LogP contribution in [0.4, 0.5) is 14.7 Å². The second-order valence-corrected chi connectivity index (χ2v) is 7.34.